The van der Waals surface area contributed by atoms with Crippen LogP contribution in [0.4, 0.5) is 11.4 Å². The standard InChI is InChI=1S/C16H14Br2N4O2/c1-8(15(23)20-12-4-2-9(17)6-11(12)18)19-10-3-5-13-14(7-10)22-16(24)21-13/h2-8,19H,1H3,(H,20,23)(H2,21,22,24)/t8-/m1/s1. The Morgan fingerprint density at radius 2 is 1.83 bits per heavy atom. The highest BCUT2D eigenvalue weighted by Gasteiger charge is 2.14. The van der Waals surface area contributed by atoms with Crippen LogP contribution in [0.15, 0.2) is 50.1 Å². The van der Waals surface area contributed by atoms with Crippen molar-refractivity contribution < 1.29 is 4.79 Å². The molecule has 0 spiro atoms. The fourth-order valence-corrected chi connectivity index (χ4v) is 3.42. The van der Waals surface area contributed by atoms with Gasteiger partial charge >= 0.3 is 5.69 Å². The third-order valence-electron chi connectivity index (χ3n) is 3.48. The Kier molecular flexibility index (Phi) is 4.77. The zero-order chi connectivity index (χ0) is 17.3. The lowest BCUT2D eigenvalue weighted by Gasteiger charge is -2.16. The van der Waals surface area contributed by atoms with E-state index in [0.717, 1.165) is 20.1 Å². The molecule has 1 atom stereocenters. The number of fused-ring (bicyclic) bond motifs is 1. The molecular weight excluding hydrogens is 440 g/mol. The van der Waals surface area contributed by atoms with Crippen LogP contribution >= 0.6 is 31.9 Å². The molecule has 0 aliphatic rings. The van der Waals surface area contributed by atoms with Crippen molar-refractivity contribution in [1.29, 1.82) is 0 Å². The van der Waals surface area contributed by atoms with Gasteiger partial charge in [0, 0.05) is 14.6 Å². The largest absolute Gasteiger partial charge is 0.374 e. The number of aromatic amines is 2. The number of aromatic nitrogens is 2. The number of H-pyrrole nitrogens is 2. The maximum atomic E-state index is 12.4. The first-order chi connectivity index (χ1) is 11.4. The lowest BCUT2D eigenvalue weighted by Crippen LogP contribution is -2.31. The molecule has 3 rings (SSSR count). The lowest BCUT2D eigenvalue weighted by molar-refractivity contribution is -0.116. The summed E-state index contributed by atoms with van der Waals surface area (Å²) >= 11 is 6.79. The van der Waals surface area contributed by atoms with E-state index in [0.29, 0.717) is 11.2 Å². The van der Waals surface area contributed by atoms with E-state index < -0.39 is 6.04 Å². The van der Waals surface area contributed by atoms with Crippen LogP contribution in [0.3, 0.4) is 0 Å². The number of anilines is 2. The van der Waals surface area contributed by atoms with Gasteiger partial charge in [-0.1, -0.05) is 15.9 Å². The van der Waals surface area contributed by atoms with Crippen molar-refractivity contribution in [3.63, 3.8) is 0 Å². The maximum absolute atomic E-state index is 12.4. The molecule has 1 aromatic heterocycles. The van der Waals surface area contributed by atoms with Crippen molar-refractivity contribution >= 4 is 60.2 Å². The van der Waals surface area contributed by atoms with Gasteiger partial charge in [0.2, 0.25) is 5.91 Å². The van der Waals surface area contributed by atoms with Crippen LogP contribution in [-0.4, -0.2) is 21.9 Å². The van der Waals surface area contributed by atoms with Crippen LogP contribution in [0.5, 0.6) is 0 Å². The van der Waals surface area contributed by atoms with E-state index in [9.17, 15) is 9.59 Å². The molecule has 0 unspecified atom stereocenters. The summed E-state index contributed by atoms with van der Waals surface area (Å²) in [4.78, 5) is 29.0. The Morgan fingerprint density at radius 1 is 1.08 bits per heavy atom. The summed E-state index contributed by atoms with van der Waals surface area (Å²) in [5, 5.41) is 5.99. The molecule has 2 aromatic carbocycles. The second-order valence-corrected chi connectivity index (χ2v) is 7.09. The van der Waals surface area contributed by atoms with Crippen LogP contribution in [0, 0.1) is 0 Å². The summed E-state index contributed by atoms with van der Waals surface area (Å²) in [6, 6.07) is 10.5. The summed E-state index contributed by atoms with van der Waals surface area (Å²) in [5.74, 6) is -0.166. The number of benzene rings is 2. The summed E-state index contributed by atoms with van der Waals surface area (Å²) in [6.45, 7) is 1.77. The summed E-state index contributed by atoms with van der Waals surface area (Å²) in [7, 11) is 0. The first-order valence-electron chi connectivity index (χ1n) is 7.17. The summed E-state index contributed by atoms with van der Waals surface area (Å²) in [5.41, 5.74) is 2.60. The molecule has 0 aliphatic heterocycles. The summed E-state index contributed by atoms with van der Waals surface area (Å²) in [6.07, 6.45) is 0. The number of imidazole rings is 1. The number of nitrogens with one attached hydrogen (secondary N) is 4. The number of hydrogen-bond donors (Lipinski definition) is 4. The molecule has 0 saturated carbocycles. The second kappa shape index (κ2) is 6.82. The fourth-order valence-electron chi connectivity index (χ4n) is 2.27. The average molecular weight is 454 g/mol. The van der Waals surface area contributed by atoms with Crippen LogP contribution in [0.25, 0.3) is 11.0 Å². The van der Waals surface area contributed by atoms with E-state index in [1.807, 2.05) is 24.3 Å². The molecule has 6 nitrogen and oxygen atoms in total. The second-order valence-electron chi connectivity index (χ2n) is 5.32. The average Bonchev–Trinajstić information content (AvgIpc) is 2.89. The van der Waals surface area contributed by atoms with E-state index in [-0.39, 0.29) is 11.6 Å². The quantitative estimate of drug-likeness (QED) is 0.484. The van der Waals surface area contributed by atoms with Gasteiger partial charge in [-0.15, -0.1) is 0 Å². The van der Waals surface area contributed by atoms with E-state index in [1.54, 1.807) is 19.1 Å². The molecule has 24 heavy (non-hydrogen) atoms. The third kappa shape index (κ3) is 3.70. The molecule has 0 radical (unpaired) electrons. The van der Waals surface area contributed by atoms with Crippen molar-refractivity contribution in [3.05, 3.63) is 55.8 Å². The Labute approximate surface area is 154 Å². The van der Waals surface area contributed by atoms with Crippen LogP contribution in [0.1, 0.15) is 6.92 Å². The van der Waals surface area contributed by atoms with Crippen molar-refractivity contribution in [2.24, 2.45) is 0 Å². The van der Waals surface area contributed by atoms with Gasteiger partial charge in [0.1, 0.15) is 6.04 Å². The Balaban J connectivity index is 1.71. The van der Waals surface area contributed by atoms with Crippen molar-refractivity contribution in [2.45, 2.75) is 13.0 Å². The Bertz CT molecular complexity index is 964. The fraction of sp³-hybridized carbons (Fsp3) is 0.125. The van der Waals surface area contributed by atoms with Crippen molar-refractivity contribution in [3.8, 4) is 0 Å². The summed E-state index contributed by atoms with van der Waals surface area (Å²) < 4.78 is 1.72. The first kappa shape index (κ1) is 16.8. The lowest BCUT2D eigenvalue weighted by atomic mass is 10.2. The van der Waals surface area contributed by atoms with Gasteiger partial charge in [-0.2, -0.15) is 0 Å². The van der Waals surface area contributed by atoms with E-state index >= 15 is 0 Å². The predicted molar refractivity (Wildman–Crippen MR) is 102 cm³/mol. The predicted octanol–water partition coefficient (Wildman–Crippen LogP) is 3.82. The highest BCUT2D eigenvalue weighted by Crippen LogP contribution is 2.26. The number of carbonyl (C=O) groups excluding carboxylic acids is 1. The monoisotopic (exact) mass is 452 g/mol. The van der Waals surface area contributed by atoms with Crippen LogP contribution < -0.4 is 16.3 Å². The number of amides is 1. The molecule has 0 aliphatic carbocycles. The number of halogens is 2. The molecule has 0 saturated heterocycles. The molecule has 3 aromatic rings. The van der Waals surface area contributed by atoms with E-state index in [1.165, 1.54) is 0 Å². The SMILES string of the molecule is C[C@@H](Nc1ccc2[nH]c(=O)[nH]c2c1)C(=O)Nc1ccc(Br)cc1Br. The Morgan fingerprint density at radius 3 is 2.58 bits per heavy atom. The molecule has 0 bridgehead atoms. The molecule has 1 heterocycles. The molecule has 0 fully saturated rings. The minimum atomic E-state index is -0.455. The minimum Gasteiger partial charge on any atom is -0.374 e. The number of hydrogen-bond acceptors (Lipinski definition) is 3. The Hall–Kier alpha value is -2.06. The van der Waals surface area contributed by atoms with E-state index in [2.05, 4.69) is 52.5 Å². The van der Waals surface area contributed by atoms with Crippen molar-refractivity contribution in [2.75, 3.05) is 10.6 Å². The van der Waals surface area contributed by atoms with Crippen molar-refractivity contribution in [1.82, 2.24) is 9.97 Å². The highest BCUT2D eigenvalue weighted by molar-refractivity contribution is 9.11. The third-order valence-corrected chi connectivity index (χ3v) is 4.63. The van der Waals surface area contributed by atoms with Gasteiger partial charge in [0.25, 0.3) is 0 Å². The highest BCUT2D eigenvalue weighted by atomic mass is 79.9. The maximum Gasteiger partial charge on any atom is 0.323 e. The van der Waals surface area contributed by atoms with Crippen LogP contribution in [0.2, 0.25) is 0 Å². The normalized spacial score (nSPS) is 12.1. The molecule has 124 valence electrons. The molecule has 1 amide bonds. The van der Waals surface area contributed by atoms with Gasteiger partial charge in [-0.25, -0.2) is 4.79 Å². The van der Waals surface area contributed by atoms with Gasteiger partial charge in [0.05, 0.1) is 16.7 Å². The molecular formula is C16H14Br2N4O2. The van der Waals surface area contributed by atoms with Gasteiger partial charge in [0.15, 0.2) is 0 Å². The zero-order valence-electron chi connectivity index (χ0n) is 12.6. The molecule has 4 N–H and O–H groups in total. The molecule has 8 heteroatoms. The first-order valence-corrected chi connectivity index (χ1v) is 8.75. The van der Waals surface area contributed by atoms with Gasteiger partial charge < -0.3 is 20.6 Å². The smallest absolute Gasteiger partial charge is 0.323 e. The number of carbonyl (C=O) groups is 1. The van der Waals surface area contributed by atoms with E-state index in [4.69, 9.17) is 0 Å². The minimum absolute atomic E-state index is 0.166. The van der Waals surface area contributed by atoms with Gasteiger partial charge in [-0.3, -0.25) is 4.79 Å². The van der Waals surface area contributed by atoms with Crippen LogP contribution in [-0.2, 0) is 4.79 Å². The number of rotatable bonds is 4. The zero-order valence-corrected chi connectivity index (χ0v) is 15.8. The van der Waals surface area contributed by atoms with Gasteiger partial charge in [-0.05, 0) is 59.3 Å². The topological polar surface area (TPSA) is 89.8 Å².